The van der Waals surface area contributed by atoms with Gasteiger partial charge in [0.15, 0.2) is 0 Å². The SMILES string of the molecule is O=C(CC1CCCCC1)N1C(=S)SC[C@@H]1Cc1ccccc1. The van der Waals surface area contributed by atoms with Gasteiger partial charge in [0.2, 0.25) is 5.91 Å². The van der Waals surface area contributed by atoms with Crippen molar-refractivity contribution in [2.45, 2.75) is 51.0 Å². The molecule has 1 aliphatic heterocycles. The summed E-state index contributed by atoms with van der Waals surface area (Å²) in [6.45, 7) is 0. The van der Waals surface area contributed by atoms with Crippen molar-refractivity contribution in [2.75, 3.05) is 5.75 Å². The molecule has 1 saturated carbocycles. The van der Waals surface area contributed by atoms with Crippen molar-refractivity contribution in [1.29, 1.82) is 0 Å². The Bertz CT molecular complexity index is 525. The summed E-state index contributed by atoms with van der Waals surface area (Å²) in [6.07, 6.45) is 7.91. The van der Waals surface area contributed by atoms with E-state index in [4.69, 9.17) is 12.2 Å². The molecule has 2 nitrogen and oxygen atoms in total. The predicted octanol–water partition coefficient (Wildman–Crippen LogP) is 4.43. The van der Waals surface area contributed by atoms with E-state index in [2.05, 4.69) is 24.3 Å². The second-order valence-electron chi connectivity index (χ2n) is 6.39. The summed E-state index contributed by atoms with van der Waals surface area (Å²) in [5.74, 6) is 1.76. The molecule has 1 amide bonds. The van der Waals surface area contributed by atoms with Crippen LogP contribution in [0.3, 0.4) is 0 Å². The monoisotopic (exact) mass is 333 g/mol. The average Bonchev–Trinajstić information content (AvgIpc) is 2.90. The molecule has 1 aliphatic carbocycles. The number of hydrogen-bond acceptors (Lipinski definition) is 3. The van der Waals surface area contributed by atoms with Gasteiger partial charge >= 0.3 is 0 Å². The molecule has 2 aliphatic rings. The quantitative estimate of drug-likeness (QED) is 0.760. The van der Waals surface area contributed by atoms with Crippen LogP contribution in [0.4, 0.5) is 0 Å². The van der Waals surface area contributed by atoms with Crippen LogP contribution in [-0.2, 0) is 11.2 Å². The normalized spacial score (nSPS) is 23.0. The van der Waals surface area contributed by atoms with Crippen LogP contribution in [0.2, 0.25) is 0 Å². The van der Waals surface area contributed by atoms with Crippen molar-refractivity contribution < 1.29 is 4.79 Å². The van der Waals surface area contributed by atoms with Crippen molar-refractivity contribution in [1.82, 2.24) is 4.90 Å². The molecule has 0 radical (unpaired) electrons. The van der Waals surface area contributed by atoms with Gasteiger partial charge in [0, 0.05) is 12.2 Å². The Kier molecular flexibility index (Phi) is 5.53. The molecule has 22 heavy (non-hydrogen) atoms. The van der Waals surface area contributed by atoms with Crippen LogP contribution in [0.15, 0.2) is 30.3 Å². The minimum absolute atomic E-state index is 0.232. The van der Waals surface area contributed by atoms with Crippen LogP contribution in [0.25, 0.3) is 0 Å². The average molecular weight is 334 g/mol. The van der Waals surface area contributed by atoms with E-state index in [9.17, 15) is 4.79 Å². The molecular formula is C18H23NOS2. The molecule has 0 spiro atoms. The molecule has 1 atom stereocenters. The number of thiocarbonyl (C=S) groups is 1. The molecule has 3 rings (SSSR count). The molecular weight excluding hydrogens is 310 g/mol. The third-order valence-electron chi connectivity index (χ3n) is 4.73. The Balaban J connectivity index is 1.63. The predicted molar refractivity (Wildman–Crippen MR) is 97.0 cm³/mol. The van der Waals surface area contributed by atoms with Crippen LogP contribution in [-0.4, -0.2) is 26.9 Å². The second kappa shape index (κ2) is 7.60. The molecule has 2 fully saturated rings. The first-order valence-electron chi connectivity index (χ1n) is 8.27. The maximum absolute atomic E-state index is 12.7. The van der Waals surface area contributed by atoms with Gasteiger partial charge in [-0.3, -0.25) is 9.69 Å². The van der Waals surface area contributed by atoms with Crippen molar-refractivity contribution in [3.05, 3.63) is 35.9 Å². The molecule has 0 bridgehead atoms. The molecule has 0 aromatic heterocycles. The van der Waals surface area contributed by atoms with Crippen LogP contribution in [0.5, 0.6) is 0 Å². The molecule has 1 aromatic carbocycles. The minimum atomic E-state index is 0.232. The first-order valence-corrected chi connectivity index (χ1v) is 9.66. The van der Waals surface area contributed by atoms with Gasteiger partial charge in [-0.25, -0.2) is 0 Å². The fourth-order valence-corrected chi connectivity index (χ4v) is 4.99. The fraction of sp³-hybridized carbons (Fsp3) is 0.556. The highest BCUT2D eigenvalue weighted by Crippen LogP contribution is 2.31. The maximum atomic E-state index is 12.7. The van der Waals surface area contributed by atoms with Crippen LogP contribution in [0.1, 0.15) is 44.1 Å². The van der Waals surface area contributed by atoms with Gasteiger partial charge in [-0.2, -0.15) is 0 Å². The number of carbonyl (C=O) groups is 1. The lowest BCUT2D eigenvalue weighted by molar-refractivity contribution is -0.129. The summed E-state index contributed by atoms with van der Waals surface area (Å²) in [7, 11) is 0. The lowest BCUT2D eigenvalue weighted by Crippen LogP contribution is -2.40. The van der Waals surface area contributed by atoms with Gasteiger partial charge in [0.25, 0.3) is 0 Å². The van der Waals surface area contributed by atoms with E-state index in [-0.39, 0.29) is 11.9 Å². The minimum Gasteiger partial charge on any atom is -0.293 e. The van der Waals surface area contributed by atoms with Gasteiger partial charge < -0.3 is 0 Å². The second-order valence-corrected chi connectivity index (χ2v) is 8.05. The summed E-state index contributed by atoms with van der Waals surface area (Å²) in [4.78, 5) is 14.7. The molecule has 1 saturated heterocycles. The summed E-state index contributed by atoms with van der Waals surface area (Å²) < 4.78 is 0.779. The van der Waals surface area contributed by atoms with E-state index in [0.29, 0.717) is 12.3 Å². The summed E-state index contributed by atoms with van der Waals surface area (Å²) in [5, 5.41) is 0. The Morgan fingerprint density at radius 1 is 1.18 bits per heavy atom. The Labute approximate surface area is 142 Å². The number of benzene rings is 1. The van der Waals surface area contributed by atoms with E-state index in [1.165, 1.54) is 37.7 Å². The Morgan fingerprint density at radius 2 is 1.91 bits per heavy atom. The molecule has 0 N–H and O–H groups in total. The van der Waals surface area contributed by atoms with Gasteiger partial charge in [-0.1, -0.05) is 73.6 Å². The van der Waals surface area contributed by atoms with Crippen LogP contribution in [0, 0.1) is 5.92 Å². The molecule has 1 heterocycles. The zero-order valence-corrected chi connectivity index (χ0v) is 14.5. The lowest BCUT2D eigenvalue weighted by atomic mass is 9.86. The number of amides is 1. The van der Waals surface area contributed by atoms with E-state index < -0.39 is 0 Å². The van der Waals surface area contributed by atoms with E-state index in [1.54, 1.807) is 11.8 Å². The van der Waals surface area contributed by atoms with Crippen LogP contribution < -0.4 is 0 Å². The van der Waals surface area contributed by atoms with Gasteiger partial charge in [0.1, 0.15) is 4.32 Å². The number of hydrogen-bond donors (Lipinski definition) is 0. The Hall–Kier alpha value is -0.870. The van der Waals surface area contributed by atoms with Gasteiger partial charge in [-0.15, -0.1) is 0 Å². The van der Waals surface area contributed by atoms with Gasteiger partial charge in [0.05, 0.1) is 6.04 Å². The molecule has 118 valence electrons. The van der Waals surface area contributed by atoms with Crippen molar-refractivity contribution in [2.24, 2.45) is 5.92 Å². The first kappa shape index (κ1) is 16.0. The summed E-state index contributed by atoms with van der Waals surface area (Å²) in [5.41, 5.74) is 1.29. The van der Waals surface area contributed by atoms with Crippen molar-refractivity contribution in [3.8, 4) is 0 Å². The molecule has 4 heteroatoms. The van der Waals surface area contributed by atoms with Crippen molar-refractivity contribution in [3.63, 3.8) is 0 Å². The summed E-state index contributed by atoms with van der Waals surface area (Å²) in [6, 6.07) is 10.7. The molecule has 1 aromatic rings. The number of thioether (sulfide) groups is 1. The highest BCUT2D eigenvalue weighted by molar-refractivity contribution is 8.23. The van der Waals surface area contributed by atoms with E-state index in [0.717, 1.165) is 16.5 Å². The smallest absolute Gasteiger partial charge is 0.228 e. The third kappa shape index (κ3) is 3.90. The zero-order chi connectivity index (χ0) is 15.4. The van der Waals surface area contributed by atoms with Crippen LogP contribution >= 0.6 is 24.0 Å². The maximum Gasteiger partial charge on any atom is 0.228 e. The standard InChI is InChI=1S/C18H23NOS2/c20-17(12-15-9-5-2-6-10-15)19-16(13-22-18(19)21)11-14-7-3-1-4-8-14/h1,3-4,7-8,15-16H,2,5-6,9-13H2/t16-/m0/s1. The highest BCUT2D eigenvalue weighted by atomic mass is 32.2. The fourth-order valence-electron chi connectivity index (χ4n) is 3.54. The van der Waals surface area contributed by atoms with E-state index in [1.807, 2.05) is 11.0 Å². The number of nitrogens with zero attached hydrogens (tertiary/aromatic N) is 1. The molecule has 0 unspecified atom stereocenters. The van der Waals surface area contributed by atoms with E-state index >= 15 is 0 Å². The largest absolute Gasteiger partial charge is 0.293 e. The summed E-state index contributed by atoms with van der Waals surface area (Å²) >= 11 is 7.11. The number of rotatable bonds is 4. The third-order valence-corrected chi connectivity index (χ3v) is 6.28. The topological polar surface area (TPSA) is 20.3 Å². The Morgan fingerprint density at radius 3 is 2.64 bits per heavy atom. The highest BCUT2D eigenvalue weighted by Gasteiger charge is 2.34. The van der Waals surface area contributed by atoms with Gasteiger partial charge in [-0.05, 0) is 30.7 Å². The lowest BCUT2D eigenvalue weighted by Gasteiger charge is -2.27. The number of carbonyl (C=O) groups excluding carboxylic acids is 1. The zero-order valence-electron chi connectivity index (χ0n) is 12.9. The van der Waals surface area contributed by atoms with Crippen molar-refractivity contribution >= 4 is 34.2 Å². The first-order chi connectivity index (χ1) is 10.7.